The first-order valence-corrected chi connectivity index (χ1v) is 6.76. The molecule has 1 atom stereocenters. The molecule has 0 saturated carbocycles. The van der Waals surface area contributed by atoms with E-state index in [4.69, 9.17) is 14.3 Å². The number of nitrogens with zero attached hydrogens (tertiary/aromatic N) is 1. The molecular weight excluding hydrogens is 273 g/mol. The summed E-state index contributed by atoms with van der Waals surface area (Å²) in [7, 11) is -3.26. The highest BCUT2D eigenvalue weighted by atomic mass is 79.9. The van der Waals surface area contributed by atoms with Gasteiger partial charge in [-0.1, -0.05) is 21.1 Å². The largest absolute Gasteiger partial charge is 0.411 e. The fourth-order valence-electron chi connectivity index (χ4n) is 0.805. The summed E-state index contributed by atoms with van der Waals surface area (Å²) in [6, 6.07) is 0. The number of rotatable bonds is 6. The fraction of sp³-hybridized carbons (Fsp3) is 0.857. The third-order valence-electron chi connectivity index (χ3n) is 1.40. The molecule has 0 aliphatic carbocycles. The molecule has 84 valence electrons. The summed E-state index contributed by atoms with van der Waals surface area (Å²) in [5, 5.41) is 11.5. The van der Waals surface area contributed by atoms with Crippen molar-refractivity contribution in [2.45, 2.75) is 25.3 Å². The van der Waals surface area contributed by atoms with E-state index in [0.717, 1.165) is 0 Å². The lowest BCUT2D eigenvalue weighted by Gasteiger charge is -2.21. The Morgan fingerprint density at radius 3 is 2.21 bits per heavy atom. The molecule has 0 rings (SSSR count). The predicted molar refractivity (Wildman–Crippen MR) is 58.5 cm³/mol. The van der Waals surface area contributed by atoms with Crippen molar-refractivity contribution < 1.29 is 18.8 Å². The van der Waals surface area contributed by atoms with Crippen molar-refractivity contribution >= 4 is 29.2 Å². The number of hydrogen-bond acceptors (Lipinski definition) is 5. The van der Waals surface area contributed by atoms with Gasteiger partial charge in [0.15, 0.2) is 4.57 Å². The molecule has 0 aromatic carbocycles. The molecule has 5 nitrogen and oxygen atoms in total. The first kappa shape index (κ1) is 14.1. The highest BCUT2D eigenvalue weighted by Gasteiger charge is 2.35. The van der Waals surface area contributed by atoms with E-state index in [9.17, 15) is 4.57 Å². The Morgan fingerprint density at radius 1 is 1.50 bits per heavy atom. The number of hydrogen-bond donors (Lipinski definition) is 1. The van der Waals surface area contributed by atoms with Crippen LogP contribution in [0.2, 0.25) is 0 Å². The minimum Gasteiger partial charge on any atom is -0.411 e. The molecule has 0 aromatic rings. The first-order chi connectivity index (χ1) is 6.51. The second kappa shape index (κ2) is 6.56. The molecule has 1 N–H and O–H groups in total. The normalized spacial score (nSPS) is 15.6. The monoisotopic (exact) mass is 287 g/mol. The summed E-state index contributed by atoms with van der Waals surface area (Å²) in [5.41, 5.74) is 0.259. The topological polar surface area (TPSA) is 68.1 Å². The molecule has 0 aliphatic heterocycles. The standard InChI is InChI=1S/C7H15BrNO4P/c1-4-12-14(11,13-5-2)7(8)6(3)9-10/h7,10H,4-5H2,1-3H3/b9-6-/t7-/m1/s1. The van der Waals surface area contributed by atoms with Crippen LogP contribution in [0.3, 0.4) is 0 Å². The Labute approximate surface area is 92.1 Å². The predicted octanol–water partition coefficient (Wildman–Crippen LogP) is 2.82. The smallest absolute Gasteiger partial charge is 0.349 e. The molecule has 7 heteroatoms. The molecule has 0 radical (unpaired) electrons. The van der Waals surface area contributed by atoms with E-state index in [-0.39, 0.29) is 18.9 Å². The lowest BCUT2D eigenvalue weighted by atomic mass is 10.5. The minimum absolute atomic E-state index is 0.259. The van der Waals surface area contributed by atoms with Crippen LogP contribution in [0.15, 0.2) is 5.16 Å². The Hall–Kier alpha value is 0.100. The van der Waals surface area contributed by atoms with Gasteiger partial charge in [-0.2, -0.15) is 0 Å². The van der Waals surface area contributed by atoms with Crippen molar-refractivity contribution in [1.82, 2.24) is 0 Å². The van der Waals surface area contributed by atoms with Crippen LogP contribution in [0.25, 0.3) is 0 Å². The van der Waals surface area contributed by atoms with E-state index in [1.54, 1.807) is 13.8 Å². The number of halogens is 1. The van der Waals surface area contributed by atoms with Crippen LogP contribution in [0.5, 0.6) is 0 Å². The van der Waals surface area contributed by atoms with Crippen LogP contribution in [0.1, 0.15) is 20.8 Å². The molecular formula is C7H15BrNO4P. The lowest BCUT2D eigenvalue weighted by Crippen LogP contribution is -2.15. The van der Waals surface area contributed by atoms with E-state index in [0.29, 0.717) is 0 Å². The van der Waals surface area contributed by atoms with Gasteiger partial charge in [-0.15, -0.1) is 0 Å². The van der Waals surface area contributed by atoms with Gasteiger partial charge in [0.05, 0.1) is 18.9 Å². The Kier molecular flexibility index (Phi) is 6.61. The molecule has 0 amide bonds. The lowest BCUT2D eigenvalue weighted by molar-refractivity contribution is 0.221. The highest BCUT2D eigenvalue weighted by molar-refractivity contribution is 9.11. The Bertz CT molecular complexity index is 236. The summed E-state index contributed by atoms with van der Waals surface area (Å²) < 4.78 is 21.4. The summed E-state index contributed by atoms with van der Waals surface area (Å²) in [6.45, 7) is 5.52. The van der Waals surface area contributed by atoms with Crippen molar-refractivity contribution in [2.75, 3.05) is 13.2 Å². The molecule has 0 bridgehead atoms. The number of oxime groups is 1. The zero-order chi connectivity index (χ0) is 11.2. The molecule has 14 heavy (non-hydrogen) atoms. The molecule has 0 saturated heterocycles. The van der Waals surface area contributed by atoms with Crippen molar-refractivity contribution in [3.8, 4) is 0 Å². The zero-order valence-corrected chi connectivity index (χ0v) is 10.9. The summed E-state index contributed by atoms with van der Waals surface area (Å²) in [4.78, 5) is 0. The van der Waals surface area contributed by atoms with E-state index < -0.39 is 12.2 Å². The third kappa shape index (κ3) is 3.69. The van der Waals surface area contributed by atoms with E-state index in [1.807, 2.05) is 0 Å². The van der Waals surface area contributed by atoms with Gasteiger partial charge < -0.3 is 14.3 Å². The van der Waals surface area contributed by atoms with Crippen LogP contribution in [-0.4, -0.2) is 28.7 Å². The van der Waals surface area contributed by atoms with Gasteiger partial charge in [0.2, 0.25) is 0 Å². The van der Waals surface area contributed by atoms with Crippen molar-refractivity contribution in [1.29, 1.82) is 0 Å². The summed E-state index contributed by atoms with van der Waals surface area (Å²) in [6.07, 6.45) is 0. The maximum absolute atomic E-state index is 12.0. The molecule has 0 heterocycles. The Morgan fingerprint density at radius 2 is 1.93 bits per heavy atom. The average Bonchev–Trinajstić information content (AvgIpc) is 2.16. The van der Waals surface area contributed by atoms with Gasteiger partial charge in [0, 0.05) is 0 Å². The average molecular weight is 288 g/mol. The van der Waals surface area contributed by atoms with E-state index >= 15 is 0 Å². The van der Waals surface area contributed by atoms with E-state index in [2.05, 4.69) is 21.1 Å². The fourth-order valence-corrected chi connectivity index (χ4v) is 3.17. The van der Waals surface area contributed by atoms with Gasteiger partial charge in [-0.25, -0.2) is 0 Å². The molecule has 0 fully saturated rings. The zero-order valence-electron chi connectivity index (χ0n) is 8.44. The molecule has 0 unspecified atom stereocenters. The molecule has 0 aliphatic rings. The third-order valence-corrected chi connectivity index (χ3v) is 5.73. The second-order valence-electron chi connectivity index (χ2n) is 2.45. The SMILES string of the molecule is CCOP(=O)(OCC)[C@@H](Br)/C(C)=N\O. The van der Waals surface area contributed by atoms with Gasteiger partial charge in [0.25, 0.3) is 0 Å². The van der Waals surface area contributed by atoms with Crippen molar-refractivity contribution in [2.24, 2.45) is 5.16 Å². The van der Waals surface area contributed by atoms with Gasteiger partial charge in [-0.3, -0.25) is 4.57 Å². The molecule has 0 aromatic heterocycles. The van der Waals surface area contributed by atoms with Crippen LogP contribution in [0, 0.1) is 0 Å². The van der Waals surface area contributed by atoms with Gasteiger partial charge in [-0.05, 0) is 20.8 Å². The maximum atomic E-state index is 12.0. The van der Waals surface area contributed by atoms with Crippen LogP contribution in [0.4, 0.5) is 0 Å². The Balaban J connectivity index is 4.72. The second-order valence-corrected chi connectivity index (χ2v) is 6.19. The quantitative estimate of drug-likeness (QED) is 0.268. The van der Waals surface area contributed by atoms with Crippen LogP contribution >= 0.6 is 23.5 Å². The molecule has 0 spiro atoms. The van der Waals surface area contributed by atoms with Crippen LogP contribution in [-0.2, 0) is 13.6 Å². The maximum Gasteiger partial charge on any atom is 0.349 e. The van der Waals surface area contributed by atoms with Gasteiger partial charge >= 0.3 is 7.60 Å². The minimum atomic E-state index is -3.26. The first-order valence-electron chi connectivity index (χ1n) is 4.23. The highest BCUT2D eigenvalue weighted by Crippen LogP contribution is 2.55. The van der Waals surface area contributed by atoms with Crippen molar-refractivity contribution in [3.05, 3.63) is 0 Å². The van der Waals surface area contributed by atoms with Crippen molar-refractivity contribution in [3.63, 3.8) is 0 Å². The van der Waals surface area contributed by atoms with E-state index in [1.165, 1.54) is 6.92 Å². The van der Waals surface area contributed by atoms with Crippen LogP contribution < -0.4 is 0 Å². The number of alkyl halides is 1. The summed E-state index contributed by atoms with van der Waals surface area (Å²) >= 11 is 3.12. The summed E-state index contributed by atoms with van der Waals surface area (Å²) in [5.74, 6) is 0. The van der Waals surface area contributed by atoms with Gasteiger partial charge in [0.1, 0.15) is 0 Å².